The van der Waals surface area contributed by atoms with Crippen LogP contribution in [0.25, 0.3) is 0 Å². The molecular weight excluding hydrogens is 340 g/mol. The van der Waals surface area contributed by atoms with Crippen LogP contribution >= 0.6 is 0 Å². The SMILES string of the molecule is CCC(=O)c1ccc(OCC(=O)N2CCNC(=O)[C@H]2CC(=O)OC)cc1. The molecule has 140 valence electrons. The smallest absolute Gasteiger partial charge is 0.308 e. The van der Waals surface area contributed by atoms with Crippen LogP contribution in [0.4, 0.5) is 0 Å². The molecule has 0 spiro atoms. The van der Waals surface area contributed by atoms with Gasteiger partial charge in [0, 0.05) is 25.1 Å². The summed E-state index contributed by atoms with van der Waals surface area (Å²) in [5.41, 5.74) is 0.581. The molecule has 2 rings (SSSR count). The summed E-state index contributed by atoms with van der Waals surface area (Å²) in [6.07, 6.45) is 0.208. The minimum atomic E-state index is -0.906. The van der Waals surface area contributed by atoms with Crippen molar-refractivity contribution in [1.29, 1.82) is 0 Å². The third-order valence-corrected chi connectivity index (χ3v) is 4.10. The Morgan fingerprint density at radius 3 is 2.54 bits per heavy atom. The van der Waals surface area contributed by atoms with E-state index < -0.39 is 23.8 Å². The average Bonchev–Trinajstić information content (AvgIpc) is 2.67. The fraction of sp³-hybridized carbons (Fsp3) is 0.444. The van der Waals surface area contributed by atoms with Crippen LogP contribution in [0.5, 0.6) is 5.75 Å². The maximum atomic E-state index is 12.4. The van der Waals surface area contributed by atoms with Crippen LogP contribution in [-0.4, -0.2) is 61.3 Å². The summed E-state index contributed by atoms with van der Waals surface area (Å²) in [4.78, 5) is 48.8. The summed E-state index contributed by atoms with van der Waals surface area (Å²) >= 11 is 0. The summed E-state index contributed by atoms with van der Waals surface area (Å²) in [6, 6.07) is 5.60. The van der Waals surface area contributed by atoms with E-state index in [0.717, 1.165) is 0 Å². The molecule has 1 N–H and O–H groups in total. The largest absolute Gasteiger partial charge is 0.484 e. The molecule has 1 aromatic carbocycles. The Labute approximate surface area is 151 Å². The Morgan fingerprint density at radius 1 is 1.23 bits per heavy atom. The number of hydrogen-bond donors (Lipinski definition) is 1. The third kappa shape index (κ3) is 4.81. The van der Waals surface area contributed by atoms with Crippen molar-refractivity contribution in [1.82, 2.24) is 10.2 Å². The maximum Gasteiger partial charge on any atom is 0.308 e. The highest BCUT2D eigenvalue weighted by molar-refractivity contribution is 5.96. The summed E-state index contributed by atoms with van der Waals surface area (Å²) in [5.74, 6) is -0.892. The minimum absolute atomic E-state index is 0.0256. The topological polar surface area (TPSA) is 102 Å². The molecule has 0 saturated carbocycles. The molecule has 8 heteroatoms. The van der Waals surface area contributed by atoms with Crippen molar-refractivity contribution in [2.45, 2.75) is 25.8 Å². The van der Waals surface area contributed by atoms with Crippen molar-refractivity contribution in [3.63, 3.8) is 0 Å². The molecule has 1 aliphatic heterocycles. The van der Waals surface area contributed by atoms with Gasteiger partial charge >= 0.3 is 5.97 Å². The standard InChI is InChI=1S/C18H22N2O6/c1-3-15(21)12-4-6-13(7-5-12)26-11-16(22)20-9-8-19-18(24)14(20)10-17(23)25-2/h4-7,14H,3,8-11H2,1-2H3,(H,19,24)/t14-/m1/s1. The zero-order chi connectivity index (χ0) is 19.1. The molecule has 1 heterocycles. The molecule has 1 atom stereocenters. The van der Waals surface area contributed by atoms with Crippen molar-refractivity contribution < 1.29 is 28.7 Å². The lowest BCUT2D eigenvalue weighted by Crippen LogP contribution is -2.58. The number of ketones is 1. The van der Waals surface area contributed by atoms with Gasteiger partial charge in [0.15, 0.2) is 12.4 Å². The van der Waals surface area contributed by atoms with Gasteiger partial charge in [-0.15, -0.1) is 0 Å². The van der Waals surface area contributed by atoms with Crippen molar-refractivity contribution in [2.75, 3.05) is 26.8 Å². The van der Waals surface area contributed by atoms with Gasteiger partial charge < -0.3 is 19.7 Å². The van der Waals surface area contributed by atoms with Gasteiger partial charge in [0.1, 0.15) is 11.8 Å². The lowest BCUT2D eigenvalue weighted by molar-refractivity contribution is -0.151. The van der Waals surface area contributed by atoms with Crippen molar-refractivity contribution in [3.05, 3.63) is 29.8 Å². The third-order valence-electron chi connectivity index (χ3n) is 4.10. The van der Waals surface area contributed by atoms with E-state index in [1.165, 1.54) is 12.0 Å². The number of nitrogens with zero attached hydrogens (tertiary/aromatic N) is 1. The van der Waals surface area contributed by atoms with Gasteiger partial charge in [-0.1, -0.05) is 6.92 Å². The van der Waals surface area contributed by atoms with E-state index in [1.54, 1.807) is 31.2 Å². The summed E-state index contributed by atoms with van der Waals surface area (Å²) < 4.78 is 10.0. The van der Waals surface area contributed by atoms with Crippen LogP contribution in [-0.2, 0) is 19.1 Å². The molecule has 1 aromatic rings. The number of ether oxygens (including phenoxy) is 2. The molecular formula is C18H22N2O6. The number of Topliss-reactive ketones (excluding diaryl/α,β-unsaturated/α-hetero) is 1. The fourth-order valence-corrected chi connectivity index (χ4v) is 2.63. The highest BCUT2D eigenvalue weighted by atomic mass is 16.5. The number of nitrogens with one attached hydrogen (secondary N) is 1. The van der Waals surface area contributed by atoms with Gasteiger partial charge in [0.25, 0.3) is 5.91 Å². The first-order valence-electron chi connectivity index (χ1n) is 8.36. The second-order valence-corrected chi connectivity index (χ2v) is 5.76. The van der Waals surface area contributed by atoms with Gasteiger partial charge in [-0.2, -0.15) is 0 Å². The number of amides is 2. The normalized spacial score (nSPS) is 16.6. The predicted molar refractivity (Wildman–Crippen MR) is 91.7 cm³/mol. The summed E-state index contributed by atoms with van der Waals surface area (Å²) in [5, 5.41) is 2.63. The Hall–Kier alpha value is -2.90. The lowest BCUT2D eigenvalue weighted by Gasteiger charge is -2.34. The molecule has 26 heavy (non-hydrogen) atoms. The van der Waals surface area contributed by atoms with Crippen LogP contribution in [0, 0.1) is 0 Å². The number of rotatable bonds is 7. The number of hydrogen-bond acceptors (Lipinski definition) is 6. The first kappa shape index (κ1) is 19.4. The number of benzene rings is 1. The highest BCUT2D eigenvalue weighted by Crippen LogP contribution is 2.15. The number of carbonyl (C=O) groups is 4. The molecule has 1 fully saturated rings. The van der Waals surface area contributed by atoms with Crippen LogP contribution in [0.3, 0.4) is 0 Å². The average molecular weight is 362 g/mol. The van der Waals surface area contributed by atoms with E-state index in [4.69, 9.17) is 4.74 Å². The number of esters is 1. The second kappa shape index (κ2) is 8.98. The van der Waals surface area contributed by atoms with Crippen LogP contribution in [0.15, 0.2) is 24.3 Å². The van der Waals surface area contributed by atoms with E-state index in [1.807, 2.05) is 0 Å². The quantitative estimate of drug-likeness (QED) is 0.561. The Kier molecular flexibility index (Phi) is 6.71. The predicted octanol–water partition coefficient (Wildman–Crippen LogP) is 0.548. The van der Waals surface area contributed by atoms with Gasteiger partial charge in [0.05, 0.1) is 13.5 Å². The van der Waals surface area contributed by atoms with Crippen LogP contribution in [0.2, 0.25) is 0 Å². The van der Waals surface area contributed by atoms with E-state index in [-0.39, 0.29) is 18.8 Å². The Bertz CT molecular complexity index is 685. The molecule has 0 unspecified atom stereocenters. The number of carbonyl (C=O) groups excluding carboxylic acids is 4. The Morgan fingerprint density at radius 2 is 1.92 bits per heavy atom. The first-order chi connectivity index (χ1) is 12.5. The molecule has 1 aliphatic rings. The second-order valence-electron chi connectivity index (χ2n) is 5.76. The van der Waals surface area contributed by atoms with E-state index in [2.05, 4.69) is 10.1 Å². The van der Waals surface area contributed by atoms with Crippen molar-refractivity contribution in [2.24, 2.45) is 0 Å². The van der Waals surface area contributed by atoms with E-state index in [9.17, 15) is 19.2 Å². The molecule has 1 saturated heterocycles. The molecule has 0 aliphatic carbocycles. The van der Waals surface area contributed by atoms with E-state index in [0.29, 0.717) is 30.8 Å². The summed E-state index contributed by atoms with van der Waals surface area (Å²) in [6.45, 7) is 2.12. The lowest BCUT2D eigenvalue weighted by atomic mass is 10.1. The molecule has 0 aromatic heterocycles. The van der Waals surface area contributed by atoms with E-state index >= 15 is 0 Å². The number of methoxy groups -OCH3 is 1. The molecule has 2 amide bonds. The van der Waals surface area contributed by atoms with Crippen molar-refractivity contribution >= 4 is 23.6 Å². The highest BCUT2D eigenvalue weighted by Gasteiger charge is 2.35. The van der Waals surface area contributed by atoms with Crippen LogP contribution < -0.4 is 10.1 Å². The number of piperazine rings is 1. The Balaban J connectivity index is 1.97. The monoisotopic (exact) mass is 362 g/mol. The zero-order valence-corrected chi connectivity index (χ0v) is 14.8. The first-order valence-corrected chi connectivity index (χ1v) is 8.36. The van der Waals surface area contributed by atoms with Crippen LogP contribution in [0.1, 0.15) is 30.1 Å². The van der Waals surface area contributed by atoms with Gasteiger partial charge in [0.2, 0.25) is 5.91 Å². The molecule has 0 radical (unpaired) electrons. The molecule has 8 nitrogen and oxygen atoms in total. The van der Waals surface area contributed by atoms with Gasteiger partial charge in [-0.3, -0.25) is 19.2 Å². The van der Waals surface area contributed by atoms with Crippen molar-refractivity contribution in [3.8, 4) is 5.75 Å². The molecule has 0 bridgehead atoms. The zero-order valence-electron chi connectivity index (χ0n) is 14.8. The fourth-order valence-electron chi connectivity index (χ4n) is 2.63. The van der Waals surface area contributed by atoms with Gasteiger partial charge in [-0.05, 0) is 24.3 Å². The summed E-state index contributed by atoms with van der Waals surface area (Å²) in [7, 11) is 1.23. The minimum Gasteiger partial charge on any atom is -0.484 e. The van der Waals surface area contributed by atoms with Gasteiger partial charge in [-0.25, -0.2) is 0 Å². The maximum absolute atomic E-state index is 12.4.